The molecule has 1 aliphatic rings. The highest BCUT2D eigenvalue weighted by molar-refractivity contribution is 9.10. The number of carbonyl (C=O) groups is 1. The normalized spacial score (nSPS) is 13.5. The predicted molar refractivity (Wildman–Crippen MR) is 93.5 cm³/mol. The molecule has 0 aliphatic carbocycles. The Morgan fingerprint density at radius 2 is 1.64 bits per heavy atom. The minimum atomic E-state index is -0.0471. The largest absolute Gasteiger partial charge is 0.360 e. The van der Waals surface area contributed by atoms with Gasteiger partial charge in [-0.05, 0) is 23.6 Å². The minimum Gasteiger partial charge on any atom is -0.360 e. The Balaban J connectivity index is 1.90. The van der Waals surface area contributed by atoms with Crippen molar-refractivity contribution in [3.63, 3.8) is 0 Å². The number of hydrogen-bond acceptors (Lipinski definition) is 3. The molecule has 0 aromatic heterocycles. The zero-order valence-corrected chi connectivity index (χ0v) is 13.2. The first kappa shape index (κ1) is 13.3. The molecule has 1 aliphatic heterocycles. The lowest BCUT2D eigenvalue weighted by molar-refractivity contribution is 0.112. The molecule has 0 spiro atoms. The summed E-state index contributed by atoms with van der Waals surface area (Å²) in [6, 6.07) is 18.0. The summed E-state index contributed by atoms with van der Waals surface area (Å²) in [5.41, 5.74) is 3.92. The Kier molecular flexibility index (Phi) is 3.12. The van der Waals surface area contributed by atoms with Crippen molar-refractivity contribution in [3.05, 3.63) is 70.2 Å². The molecule has 0 saturated carbocycles. The summed E-state index contributed by atoms with van der Waals surface area (Å²) in [5.74, 6) is 0. The molecule has 0 atom stereocenters. The van der Waals surface area contributed by atoms with Crippen LogP contribution in [-0.4, -0.2) is 6.29 Å². The standard InChI is InChI=1S/C18H13BrN2O/c19-14-9-8-13(17-11(10-22)4-3-5-12(14)17)18-20-15-6-1-2-7-16(15)21-18/h1-10,18,20-21H. The van der Waals surface area contributed by atoms with Crippen molar-refractivity contribution in [2.45, 2.75) is 6.17 Å². The summed E-state index contributed by atoms with van der Waals surface area (Å²) in [7, 11) is 0. The molecule has 2 N–H and O–H groups in total. The second kappa shape index (κ2) is 5.14. The smallest absolute Gasteiger partial charge is 0.150 e. The second-order valence-electron chi connectivity index (χ2n) is 5.29. The molecule has 3 aromatic carbocycles. The van der Waals surface area contributed by atoms with Gasteiger partial charge in [-0.15, -0.1) is 0 Å². The highest BCUT2D eigenvalue weighted by Gasteiger charge is 2.23. The van der Waals surface area contributed by atoms with Gasteiger partial charge in [0.15, 0.2) is 6.29 Å². The molecule has 0 fully saturated rings. The number of benzene rings is 3. The average molecular weight is 353 g/mol. The first-order chi connectivity index (χ1) is 10.8. The predicted octanol–water partition coefficient (Wildman–Crippen LogP) is 4.95. The van der Waals surface area contributed by atoms with E-state index in [4.69, 9.17) is 0 Å². The number of carbonyl (C=O) groups excluding carboxylic acids is 1. The third-order valence-electron chi connectivity index (χ3n) is 4.02. The van der Waals surface area contributed by atoms with Gasteiger partial charge in [-0.1, -0.05) is 52.3 Å². The second-order valence-corrected chi connectivity index (χ2v) is 6.15. The van der Waals surface area contributed by atoms with E-state index in [2.05, 4.69) is 32.6 Å². The van der Waals surface area contributed by atoms with Crippen LogP contribution in [0.15, 0.2) is 59.1 Å². The zero-order chi connectivity index (χ0) is 15.1. The first-order valence-electron chi connectivity index (χ1n) is 7.06. The van der Waals surface area contributed by atoms with Crippen LogP contribution in [0.1, 0.15) is 22.1 Å². The summed E-state index contributed by atoms with van der Waals surface area (Å²) < 4.78 is 0.991. The molecule has 3 aromatic rings. The van der Waals surface area contributed by atoms with Gasteiger partial charge in [-0.25, -0.2) is 0 Å². The Morgan fingerprint density at radius 3 is 2.32 bits per heavy atom. The first-order valence-corrected chi connectivity index (χ1v) is 7.85. The van der Waals surface area contributed by atoms with Gasteiger partial charge in [0.05, 0.1) is 11.4 Å². The molecule has 0 unspecified atom stereocenters. The lowest BCUT2D eigenvalue weighted by Crippen LogP contribution is -2.13. The van der Waals surface area contributed by atoms with Crippen LogP contribution in [0, 0.1) is 0 Å². The molecule has 1 heterocycles. The van der Waals surface area contributed by atoms with Crippen LogP contribution in [-0.2, 0) is 0 Å². The fraction of sp³-hybridized carbons (Fsp3) is 0.0556. The lowest BCUT2D eigenvalue weighted by atomic mass is 9.98. The molecular formula is C18H13BrN2O. The van der Waals surface area contributed by atoms with Crippen LogP contribution in [0.3, 0.4) is 0 Å². The van der Waals surface area contributed by atoms with Gasteiger partial charge >= 0.3 is 0 Å². The van der Waals surface area contributed by atoms with Crippen LogP contribution in [0.25, 0.3) is 10.8 Å². The van der Waals surface area contributed by atoms with Crippen molar-refractivity contribution in [1.29, 1.82) is 0 Å². The van der Waals surface area contributed by atoms with Crippen LogP contribution >= 0.6 is 15.9 Å². The quantitative estimate of drug-likeness (QED) is 0.641. The van der Waals surface area contributed by atoms with E-state index >= 15 is 0 Å². The van der Waals surface area contributed by atoms with Crippen LogP contribution in [0.5, 0.6) is 0 Å². The van der Waals surface area contributed by atoms with E-state index < -0.39 is 0 Å². The number of rotatable bonds is 2. The van der Waals surface area contributed by atoms with Gasteiger partial charge in [0.2, 0.25) is 0 Å². The Morgan fingerprint density at radius 1 is 0.909 bits per heavy atom. The molecule has 22 heavy (non-hydrogen) atoms. The van der Waals surface area contributed by atoms with E-state index in [1.807, 2.05) is 48.5 Å². The molecular weight excluding hydrogens is 340 g/mol. The third-order valence-corrected chi connectivity index (χ3v) is 4.71. The number of hydrogen-bond donors (Lipinski definition) is 2. The van der Waals surface area contributed by atoms with E-state index in [0.29, 0.717) is 5.56 Å². The maximum atomic E-state index is 11.5. The lowest BCUT2D eigenvalue weighted by Gasteiger charge is -2.17. The number of para-hydroxylation sites is 2. The van der Waals surface area contributed by atoms with E-state index in [1.54, 1.807) is 0 Å². The van der Waals surface area contributed by atoms with Gasteiger partial charge in [-0.2, -0.15) is 0 Å². The summed E-state index contributed by atoms with van der Waals surface area (Å²) in [6.45, 7) is 0. The number of halogens is 1. The fourth-order valence-electron chi connectivity index (χ4n) is 3.00. The van der Waals surface area contributed by atoms with E-state index in [-0.39, 0.29) is 6.17 Å². The molecule has 3 nitrogen and oxygen atoms in total. The van der Waals surface area contributed by atoms with Crippen molar-refractivity contribution in [3.8, 4) is 0 Å². The molecule has 0 amide bonds. The van der Waals surface area contributed by atoms with Gasteiger partial charge in [0, 0.05) is 21.0 Å². The van der Waals surface area contributed by atoms with Gasteiger partial charge in [0.25, 0.3) is 0 Å². The maximum absolute atomic E-state index is 11.5. The van der Waals surface area contributed by atoms with Crippen LogP contribution < -0.4 is 10.6 Å². The maximum Gasteiger partial charge on any atom is 0.150 e. The van der Waals surface area contributed by atoms with Gasteiger partial charge < -0.3 is 10.6 Å². The zero-order valence-electron chi connectivity index (χ0n) is 11.6. The molecule has 4 rings (SSSR count). The van der Waals surface area contributed by atoms with Gasteiger partial charge in [-0.3, -0.25) is 4.79 Å². The van der Waals surface area contributed by atoms with Gasteiger partial charge in [0.1, 0.15) is 6.17 Å². The van der Waals surface area contributed by atoms with Crippen molar-refractivity contribution in [1.82, 2.24) is 0 Å². The van der Waals surface area contributed by atoms with E-state index in [9.17, 15) is 4.79 Å². The number of nitrogens with one attached hydrogen (secondary N) is 2. The number of fused-ring (bicyclic) bond motifs is 2. The fourth-order valence-corrected chi connectivity index (χ4v) is 3.47. The van der Waals surface area contributed by atoms with Crippen molar-refractivity contribution >= 4 is 44.4 Å². The topological polar surface area (TPSA) is 41.1 Å². The Hall–Kier alpha value is -2.33. The number of anilines is 2. The SMILES string of the molecule is O=Cc1cccc2c(Br)ccc(C3Nc4ccccc4N3)c12. The molecule has 108 valence electrons. The van der Waals surface area contributed by atoms with Crippen molar-refractivity contribution in [2.24, 2.45) is 0 Å². The number of aldehydes is 1. The minimum absolute atomic E-state index is 0.0471. The summed E-state index contributed by atoms with van der Waals surface area (Å²) >= 11 is 3.57. The summed E-state index contributed by atoms with van der Waals surface area (Å²) in [4.78, 5) is 11.5. The highest BCUT2D eigenvalue weighted by Crippen LogP contribution is 2.39. The molecule has 0 saturated heterocycles. The summed E-state index contributed by atoms with van der Waals surface area (Å²) in [6.07, 6.45) is 0.870. The van der Waals surface area contributed by atoms with Crippen molar-refractivity contribution < 1.29 is 4.79 Å². The van der Waals surface area contributed by atoms with E-state index in [0.717, 1.165) is 38.5 Å². The van der Waals surface area contributed by atoms with E-state index in [1.165, 1.54) is 0 Å². The molecule has 4 heteroatoms. The van der Waals surface area contributed by atoms with Crippen molar-refractivity contribution in [2.75, 3.05) is 10.6 Å². The third kappa shape index (κ3) is 1.99. The molecule has 0 radical (unpaired) electrons. The molecule has 0 bridgehead atoms. The Bertz CT molecular complexity index is 866. The van der Waals surface area contributed by atoms with Crippen LogP contribution in [0.2, 0.25) is 0 Å². The summed E-state index contributed by atoms with van der Waals surface area (Å²) in [5, 5.41) is 8.96. The van der Waals surface area contributed by atoms with Crippen LogP contribution in [0.4, 0.5) is 11.4 Å². The monoisotopic (exact) mass is 352 g/mol. The highest BCUT2D eigenvalue weighted by atomic mass is 79.9. The average Bonchev–Trinajstić information content (AvgIpc) is 2.98. The Labute approximate surface area is 136 Å².